The molecule has 1 aliphatic rings. The molecule has 0 aromatic heterocycles. The normalized spacial score (nSPS) is 21.5. The van der Waals surface area contributed by atoms with Gasteiger partial charge in [0.25, 0.3) is 0 Å². The van der Waals surface area contributed by atoms with Crippen LogP contribution in [0, 0.1) is 0 Å². The van der Waals surface area contributed by atoms with E-state index in [0.29, 0.717) is 0 Å². The van der Waals surface area contributed by atoms with Crippen molar-refractivity contribution >= 4 is 15.9 Å². The van der Waals surface area contributed by atoms with E-state index in [0.717, 1.165) is 19.1 Å². The Hall–Kier alpha value is -0.380. The van der Waals surface area contributed by atoms with Crippen molar-refractivity contribution in [2.45, 2.75) is 31.8 Å². The monoisotopic (exact) mass is 296 g/mol. The van der Waals surface area contributed by atoms with Gasteiger partial charge in [-0.05, 0) is 57.1 Å². The summed E-state index contributed by atoms with van der Waals surface area (Å²) in [6, 6.07) is 9.34. The molecule has 2 nitrogen and oxygen atoms in total. The molecule has 1 saturated heterocycles. The van der Waals surface area contributed by atoms with Crippen LogP contribution in [0.4, 0.5) is 0 Å². The Balaban J connectivity index is 1.93. The number of rotatable bonds is 3. The maximum Gasteiger partial charge on any atom is 0.0234 e. The smallest absolute Gasteiger partial charge is 0.0234 e. The first kappa shape index (κ1) is 13.1. The van der Waals surface area contributed by atoms with E-state index >= 15 is 0 Å². The summed E-state index contributed by atoms with van der Waals surface area (Å²) in [5.41, 5.74) is 1.39. The second-order valence-electron chi connectivity index (χ2n) is 4.88. The maximum absolute atomic E-state index is 3.53. The van der Waals surface area contributed by atoms with E-state index in [-0.39, 0.29) is 0 Å². The Kier molecular flexibility index (Phi) is 5.01. The van der Waals surface area contributed by atoms with Gasteiger partial charge < -0.3 is 5.32 Å². The van der Waals surface area contributed by atoms with E-state index in [1.54, 1.807) is 0 Å². The van der Waals surface area contributed by atoms with Gasteiger partial charge in [0.2, 0.25) is 0 Å². The molecule has 17 heavy (non-hydrogen) atoms. The van der Waals surface area contributed by atoms with Crippen molar-refractivity contribution in [3.63, 3.8) is 0 Å². The number of benzene rings is 1. The molecule has 1 fully saturated rings. The number of nitrogens with zero attached hydrogens (tertiary/aromatic N) is 1. The van der Waals surface area contributed by atoms with Gasteiger partial charge in [0.05, 0.1) is 0 Å². The highest BCUT2D eigenvalue weighted by atomic mass is 79.9. The van der Waals surface area contributed by atoms with Crippen LogP contribution in [0.3, 0.4) is 0 Å². The van der Waals surface area contributed by atoms with E-state index in [2.05, 4.69) is 57.5 Å². The van der Waals surface area contributed by atoms with Gasteiger partial charge in [0.15, 0.2) is 0 Å². The van der Waals surface area contributed by atoms with E-state index < -0.39 is 0 Å². The maximum atomic E-state index is 3.53. The standard InChI is InChI=1S/C14H21BrN2/c1-17(14-6-3-8-16-9-7-14)11-12-4-2-5-13(15)10-12/h2,4-5,10,14,16H,3,6-9,11H2,1H3. The fraction of sp³-hybridized carbons (Fsp3) is 0.571. The fourth-order valence-electron chi connectivity index (χ4n) is 2.49. The largest absolute Gasteiger partial charge is 0.317 e. The van der Waals surface area contributed by atoms with Gasteiger partial charge in [-0.1, -0.05) is 28.1 Å². The molecule has 1 N–H and O–H groups in total. The zero-order chi connectivity index (χ0) is 12.1. The van der Waals surface area contributed by atoms with Gasteiger partial charge in [-0.2, -0.15) is 0 Å². The Morgan fingerprint density at radius 2 is 2.24 bits per heavy atom. The molecule has 0 radical (unpaired) electrons. The lowest BCUT2D eigenvalue weighted by Gasteiger charge is -2.26. The minimum absolute atomic E-state index is 0.726. The van der Waals surface area contributed by atoms with Crippen LogP contribution in [0.2, 0.25) is 0 Å². The first-order valence-corrected chi connectivity index (χ1v) is 7.20. The lowest BCUT2D eigenvalue weighted by Crippen LogP contribution is -2.31. The summed E-state index contributed by atoms with van der Waals surface area (Å²) in [5.74, 6) is 0. The highest BCUT2D eigenvalue weighted by molar-refractivity contribution is 9.10. The fourth-order valence-corrected chi connectivity index (χ4v) is 2.94. The van der Waals surface area contributed by atoms with Gasteiger partial charge in [0, 0.05) is 17.1 Å². The van der Waals surface area contributed by atoms with Crippen LogP contribution in [0.25, 0.3) is 0 Å². The van der Waals surface area contributed by atoms with E-state index in [9.17, 15) is 0 Å². The highest BCUT2D eigenvalue weighted by Gasteiger charge is 2.16. The molecule has 94 valence electrons. The highest BCUT2D eigenvalue weighted by Crippen LogP contribution is 2.17. The van der Waals surface area contributed by atoms with Crippen molar-refractivity contribution in [3.8, 4) is 0 Å². The van der Waals surface area contributed by atoms with Gasteiger partial charge in [0.1, 0.15) is 0 Å². The molecule has 2 rings (SSSR count). The van der Waals surface area contributed by atoms with Crippen LogP contribution in [0.5, 0.6) is 0 Å². The third kappa shape index (κ3) is 4.09. The summed E-state index contributed by atoms with van der Waals surface area (Å²) >= 11 is 3.53. The summed E-state index contributed by atoms with van der Waals surface area (Å²) < 4.78 is 1.17. The predicted octanol–water partition coefficient (Wildman–Crippen LogP) is 3.02. The Morgan fingerprint density at radius 1 is 1.35 bits per heavy atom. The molecule has 0 amide bonds. The van der Waals surface area contributed by atoms with Crippen molar-refractivity contribution in [3.05, 3.63) is 34.3 Å². The molecule has 3 heteroatoms. The lowest BCUT2D eigenvalue weighted by atomic mass is 10.1. The number of nitrogens with one attached hydrogen (secondary N) is 1. The van der Waals surface area contributed by atoms with Crippen molar-refractivity contribution in [2.75, 3.05) is 20.1 Å². The second kappa shape index (κ2) is 6.53. The molecule has 1 aliphatic heterocycles. The molecular weight excluding hydrogens is 276 g/mol. The Bertz CT molecular complexity index is 346. The van der Waals surface area contributed by atoms with Crippen LogP contribution < -0.4 is 5.32 Å². The molecule has 1 atom stereocenters. The van der Waals surface area contributed by atoms with Crippen molar-refractivity contribution < 1.29 is 0 Å². The molecule has 0 saturated carbocycles. The molecule has 0 bridgehead atoms. The first-order valence-electron chi connectivity index (χ1n) is 6.41. The third-order valence-electron chi connectivity index (χ3n) is 3.49. The van der Waals surface area contributed by atoms with E-state index in [4.69, 9.17) is 0 Å². The quantitative estimate of drug-likeness (QED) is 0.922. The van der Waals surface area contributed by atoms with Crippen LogP contribution >= 0.6 is 15.9 Å². The number of hydrogen-bond donors (Lipinski definition) is 1. The SMILES string of the molecule is CN(Cc1cccc(Br)c1)C1CCCNCC1. The van der Waals surface area contributed by atoms with Crippen LogP contribution in [0.15, 0.2) is 28.7 Å². The van der Waals surface area contributed by atoms with Gasteiger partial charge in [-0.25, -0.2) is 0 Å². The zero-order valence-corrected chi connectivity index (χ0v) is 12.0. The minimum Gasteiger partial charge on any atom is -0.317 e. The number of halogens is 1. The van der Waals surface area contributed by atoms with Crippen LogP contribution in [-0.4, -0.2) is 31.1 Å². The van der Waals surface area contributed by atoms with Crippen LogP contribution in [0.1, 0.15) is 24.8 Å². The van der Waals surface area contributed by atoms with Gasteiger partial charge in [-0.15, -0.1) is 0 Å². The van der Waals surface area contributed by atoms with E-state index in [1.165, 1.54) is 35.8 Å². The summed E-state index contributed by atoms with van der Waals surface area (Å²) in [4.78, 5) is 2.49. The third-order valence-corrected chi connectivity index (χ3v) is 3.98. The molecule has 1 aromatic carbocycles. The number of hydrogen-bond acceptors (Lipinski definition) is 2. The zero-order valence-electron chi connectivity index (χ0n) is 10.5. The molecule has 0 spiro atoms. The first-order chi connectivity index (χ1) is 8.25. The van der Waals surface area contributed by atoms with E-state index in [1.807, 2.05) is 0 Å². The summed E-state index contributed by atoms with van der Waals surface area (Å²) in [6.45, 7) is 3.39. The Labute approximate surface area is 113 Å². The van der Waals surface area contributed by atoms with Gasteiger partial charge in [-0.3, -0.25) is 4.90 Å². The summed E-state index contributed by atoms with van der Waals surface area (Å²) in [5, 5.41) is 3.47. The van der Waals surface area contributed by atoms with Crippen molar-refractivity contribution in [1.82, 2.24) is 10.2 Å². The summed E-state index contributed by atoms with van der Waals surface area (Å²) in [6.07, 6.45) is 3.88. The average Bonchev–Trinajstić information content (AvgIpc) is 2.57. The lowest BCUT2D eigenvalue weighted by molar-refractivity contribution is 0.216. The Morgan fingerprint density at radius 3 is 3.06 bits per heavy atom. The minimum atomic E-state index is 0.726. The molecule has 1 aromatic rings. The summed E-state index contributed by atoms with van der Waals surface area (Å²) in [7, 11) is 2.25. The topological polar surface area (TPSA) is 15.3 Å². The van der Waals surface area contributed by atoms with Gasteiger partial charge >= 0.3 is 0 Å². The van der Waals surface area contributed by atoms with Crippen LogP contribution in [-0.2, 0) is 6.54 Å². The molecule has 0 aliphatic carbocycles. The average molecular weight is 297 g/mol. The molecule has 1 unspecified atom stereocenters. The van der Waals surface area contributed by atoms with Crippen molar-refractivity contribution in [1.29, 1.82) is 0 Å². The predicted molar refractivity (Wildman–Crippen MR) is 76.1 cm³/mol. The molecular formula is C14H21BrN2. The molecule has 1 heterocycles. The van der Waals surface area contributed by atoms with Crippen molar-refractivity contribution in [2.24, 2.45) is 0 Å². The second-order valence-corrected chi connectivity index (χ2v) is 5.80.